The lowest BCUT2D eigenvalue weighted by atomic mass is 10.0. The second-order valence-electron chi connectivity index (χ2n) is 13.1. The topological polar surface area (TPSA) is 177 Å². The Morgan fingerprint density at radius 2 is 1.49 bits per heavy atom. The van der Waals surface area contributed by atoms with Crippen LogP contribution in [0.1, 0.15) is 65.0 Å². The van der Waals surface area contributed by atoms with Gasteiger partial charge in [0, 0.05) is 30.1 Å². The number of hydrogen-bond donors (Lipinski definition) is 5. The number of nitrogens with one attached hydrogen (secondary N) is 5. The summed E-state index contributed by atoms with van der Waals surface area (Å²) in [4.78, 5) is 68.1. The van der Waals surface area contributed by atoms with E-state index in [1.165, 1.54) is 7.11 Å². The second-order valence-corrected chi connectivity index (χ2v) is 13.1. The fourth-order valence-electron chi connectivity index (χ4n) is 5.03. The molecule has 1 heterocycles. The maximum absolute atomic E-state index is 13.9. The molecule has 0 spiro atoms. The van der Waals surface area contributed by atoms with Crippen molar-refractivity contribution in [2.75, 3.05) is 13.7 Å². The van der Waals surface area contributed by atoms with E-state index in [2.05, 4.69) is 26.3 Å². The van der Waals surface area contributed by atoms with Crippen LogP contribution in [-0.4, -0.2) is 72.3 Å². The van der Waals surface area contributed by atoms with Gasteiger partial charge in [-0.1, -0.05) is 62.4 Å². The maximum Gasteiger partial charge on any atom is 0.408 e. The number of alkyl carbamates (subject to hydrolysis) is 2. The van der Waals surface area contributed by atoms with Crippen LogP contribution in [0.15, 0.2) is 60.8 Å². The zero-order chi connectivity index (χ0) is 36.0. The highest BCUT2D eigenvalue weighted by Crippen LogP contribution is 2.20. The molecule has 13 heteroatoms. The fourth-order valence-corrected chi connectivity index (χ4v) is 5.03. The van der Waals surface area contributed by atoms with Crippen LogP contribution in [0.25, 0.3) is 10.9 Å². The summed E-state index contributed by atoms with van der Waals surface area (Å²) in [6, 6.07) is 13.6. The van der Waals surface area contributed by atoms with Crippen LogP contribution in [0, 0.1) is 5.92 Å². The molecule has 3 rings (SSSR count). The molecule has 0 unspecified atom stereocenters. The third-order valence-corrected chi connectivity index (χ3v) is 7.56. The van der Waals surface area contributed by atoms with E-state index in [1.54, 1.807) is 40.8 Å². The first-order valence-corrected chi connectivity index (χ1v) is 16.4. The number of ether oxygens (including phenoxy) is 3. The number of methoxy groups -OCH3 is 1. The first-order chi connectivity index (χ1) is 23.3. The second kappa shape index (κ2) is 18.5. The van der Waals surface area contributed by atoms with Crippen LogP contribution in [0.2, 0.25) is 0 Å². The van der Waals surface area contributed by atoms with Gasteiger partial charge in [-0.2, -0.15) is 0 Å². The zero-order valence-electron chi connectivity index (χ0n) is 29.1. The molecule has 13 nitrogen and oxygen atoms in total. The number of esters is 1. The predicted octanol–water partition coefficient (Wildman–Crippen LogP) is 4.50. The van der Waals surface area contributed by atoms with Crippen LogP contribution in [-0.2, 0) is 41.6 Å². The first-order valence-electron chi connectivity index (χ1n) is 16.4. The number of amides is 4. The summed E-state index contributed by atoms with van der Waals surface area (Å²) < 4.78 is 15.6. The number of fused-ring (bicyclic) bond motifs is 1. The Kier molecular flexibility index (Phi) is 14.5. The molecular weight excluding hydrogens is 630 g/mol. The van der Waals surface area contributed by atoms with E-state index in [4.69, 9.17) is 14.2 Å². The normalized spacial score (nSPS) is 13.1. The van der Waals surface area contributed by atoms with E-state index in [-0.39, 0.29) is 31.9 Å². The molecule has 4 amide bonds. The summed E-state index contributed by atoms with van der Waals surface area (Å²) in [6.45, 7) is 9.11. The van der Waals surface area contributed by atoms with Gasteiger partial charge in [0.2, 0.25) is 11.8 Å². The molecule has 266 valence electrons. The maximum atomic E-state index is 13.9. The molecule has 0 aliphatic heterocycles. The minimum absolute atomic E-state index is 0.000574. The van der Waals surface area contributed by atoms with Gasteiger partial charge in [0.05, 0.1) is 7.11 Å². The fraction of sp³-hybridized carbons (Fsp3) is 0.472. The van der Waals surface area contributed by atoms with Gasteiger partial charge in [0.25, 0.3) is 0 Å². The monoisotopic (exact) mass is 679 g/mol. The lowest BCUT2D eigenvalue weighted by Crippen LogP contribution is -2.57. The van der Waals surface area contributed by atoms with E-state index < -0.39 is 53.7 Å². The summed E-state index contributed by atoms with van der Waals surface area (Å²) in [5.74, 6) is -2.11. The Bertz CT molecular complexity index is 1550. The average molecular weight is 680 g/mol. The lowest BCUT2D eigenvalue weighted by Gasteiger charge is -2.26. The van der Waals surface area contributed by atoms with Gasteiger partial charge < -0.3 is 40.5 Å². The summed E-state index contributed by atoms with van der Waals surface area (Å²) in [6.07, 6.45) is 1.60. The Morgan fingerprint density at radius 1 is 0.816 bits per heavy atom. The quantitative estimate of drug-likeness (QED) is 0.0835. The van der Waals surface area contributed by atoms with Crippen molar-refractivity contribution in [1.82, 2.24) is 26.3 Å². The molecule has 2 aromatic carbocycles. The predicted molar refractivity (Wildman–Crippen MR) is 184 cm³/mol. The molecule has 0 saturated carbocycles. The highest BCUT2D eigenvalue weighted by molar-refractivity contribution is 5.93. The summed E-state index contributed by atoms with van der Waals surface area (Å²) in [5, 5.41) is 11.7. The molecule has 0 aliphatic rings. The Balaban J connectivity index is 1.78. The molecule has 3 aromatic rings. The summed E-state index contributed by atoms with van der Waals surface area (Å²) in [5.41, 5.74) is 1.77. The van der Waals surface area contributed by atoms with Crippen LogP contribution < -0.4 is 21.3 Å². The first kappa shape index (κ1) is 38.4. The van der Waals surface area contributed by atoms with Crippen LogP contribution in [0.5, 0.6) is 0 Å². The van der Waals surface area contributed by atoms with Crippen molar-refractivity contribution in [3.63, 3.8) is 0 Å². The number of unbranched alkanes of at least 4 members (excludes halogenated alkanes) is 1. The number of hydrogen-bond acceptors (Lipinski definition) is 8. The Morgan fingerprint density at radius 3 is 2.16 bits per heavy atom. The van der Waals surface area contributed by atoms with Gasteiger partial charge in [-0.3, -0.25) is 9.59 Å². The Labute approximate surface area is 287 Å². The van der Waals surface area contributed by atoms with Crippen molar-refractivity contribution in [2.45, 2.75) is 90.6 Å². The van der Waals surface area contributed by atoms with Gasteiger partial charge in [0.15, 0.2) is 0 Å². The third-order valence-electron chi connectivity index (χ3n) is 7.56. The molecule has 0 fully saturated rings. The standard InChI is InChI=1S/C36H49N5O8/c1-23(2)30(33(44)47-6)41-31(42)28(18-12-13-19-37-34(45)49-36(3,4)5)39-32(43)29(20-25-21-38-27-17-11-10-16-26(25)27)40-35(46)48-22-24-14-8-7-9-15-24/h7-11,14-17,21,23,28-30,38H,12-13,18-20,22H2,1-6H3,(H,37,45)(H,39,43)(H,40,46)(H,41,42)/t28-,29+,30-/m0/s1. The van der Waals surface area contributed by atoms with Crippen molar-refractivity contribution < 1.29 is 38.2 Å². The third kappa shape index (κ3) is 12.8. The highest BCUT2D eigenvalue weighted by atomic mass is 16.6. The number of aromatic amines is 1. The van der Waals surface area contributed by atoms with Crippen molar-refractivity contribution in [1.29, 1.82) is 0 Å². The molecule has 0 saturated heterocycles. The van der Waals surface area contributed by atoms with Crippen LogP contribution >= 0.6 is 0 Å². The van der Waals surface area contributed by atoms with Crippen LogP contribution in [0.4, 0.5) is 9.59 Å². The van der Waals surface area contributed by atoms with Crippen molar-refractivity contribution in [3.8, 4) is 0 Å². The van der Waals surface area contributed by atoms with E-state index in [0.29, 0.717) is 12.8 Å². The lowest BCUT2D eigenvalue weighted by molar-refractivity contribution is -0.146. The van der Waals surface area contributed by atoms with Crippen molar-refractivity contribution in [2.24, 2.45) is 5.92 Å². The van der Waals surface area contributed by atoms with E-state index in [1.807, 2.05) is 54.6 Å². The molecule has 0 radical (unpaired) electrons. The molecule has 0 bridgehead atoms. The zero-order valence-corrected chi connectivity index (χ0v) is 29.1. The Hall–Kier alpha value is -5.07. The van der Waals surface area contributed by atoms with E-state index >= 15 is 0 Å². The molecule has 49 heavy (non-hydrogen) atoms. The van der Waals surface area contributed by atoms with Crippen molar-refractivity contribution in [3.05, 3.63) is 71.9 Å². The largest absolute Gasteiger partial charge is 0.467 e. The van der Waals surface area contributed by atoms with Gasteiger partial charge in [0.1, 0.15) is 30.3 Å². The number of para-hydroxylation sites is 1. The molecule has 1 aromatic heterocycles. The molecule has 3 atom stereocenters. The minimum Gasteiger partial charge on any atom is -0.467 e. The number of carbonyl (C=O) groups is 5. The SMILES string of the molecule is COC(=O)[C@@H](NC(=O)[C@H](CCCCNC(=O)OC(C)(C)C)NC(=O)[C@@H](Cc1c[nH]c2ccccc12)NC(=O)OCc1ccccc1)C(C)C. The number of H-pyrrole nitrogens is 1. The van der Waals surface area contributed by atoms with Gasteiger partial charge in [-0.15, -0.1) is 0 Å². The van der Waals surface area contributed by atoms with E-state index in [9.17, 15) is 24.0 Å². The molecular formula is C36H49N5O8. The molecule has 0 aliphatic carbocycles. The smallest absolute Gasteiger partial charge is 0.408 e. The average Bonchev–Trinajstić information content (AvgIpc) is 3.46. The van der Waals surface area contributed by atoms with Gasteiger partial charge in [-0.05, 0) is 63.1 Å². The molecule has 5 N–H and O–H groups in total. The van der Waals surface area contributed by atoms with Gasteiger partial charge in [-0.25, -0.2) is 14.4 Å². The summed E-state index contributed by atoms with van der Waals surface area (Å²) >= 11 is 0. The number of rotatable bonds is 16. The minimum atomic E-state index is -1.12. The number of benzene rings is 2. The summed E-state index contributed by atoms with van der Waals surface area (Å²) in [7, 11) is 1.23. The van der Waals surface area contributed by atoms with Gasteiger partial charge >= 0.3 is 18.2 Å². The highest BCUT2D eigenvalue weighted by Gasteiger charge is 2.32. The van der Waals surface area contributed by atoms with E-state index in [0.717, 1.165) is 22.0 Å². The number of carbonyl (C=O) groups excluding carboxylic acids is 5. The number of aromatic nitrogens is 1. The van der Waals surface area contributed by atoms with Crippen molar-refractivity contribution >= 4 is 40.9 Å². The van der Waals surface area contributed by atoms with Crippen LogP contribution in [0.3, 0.4) is 0 Å².